The molecule has 0 aromatic carbocycles. The molecule has 3 N–H and O–H groups in total. The highest BCUT2D eigenvalue weighted by atomic mass is 32.2. The van der Waals surface area contributed by atoms with Crippen LogP contribution in [0.2, 0.25) is 0 Å². The second-order valence-electron chi connectivity index (χ2n) is 2.00. The lowest BCUT2D eigenvalue weighted by molar-refractivity contribution is 0.250. The maximum absolute atomic E-state index is 10.3. The molecule has 0 fully saturated rings. The molecule has 0 atom stereocenters. The molecule has 0 aliphatic heterocycles. The van der Waals surface area contributed by atoms with Crippen molar-refractivity contribution in [1.82, 2.24) is 10.3 Å². The molecule has 0 aliphatic rings. The Labute approximate surface area is 74.6 Å². The Hall–Kier alpha value is -1.23. The smallest absolute Gasteiger partial charge is 0.312 e. The molecule has 0 spiro atoms. The van der Waals surface area contributed by atoms with Crippen LogP contribution >= 0.6 is 11.8 Å². The summed E-state index contributed by atoms with van der Waals surface area (Å²) >= 11 is 1.43. The lowest BCUT2D eigenvalue weighted by atomic mass is 10.5. The van der Waals surface area contributed by atoms with Crippen LogP contribution in [-0.2, 0) is 0 Å². The zero-order valence-corrected chi connectivity index (χ0v) is 7.17. The minimum atomic E-state index is -0.515. The quantitative estimate of drug-likeness (QED) is 0.538. The molecule has 1 rings (SSSR count). The third kappa shape index (κ3) is 3.25. The number of primary amides is 1. The number of hydrogen-bond donors (Lipinski definition) is 2. The van der Waals surface area contributed by atoms with Crippen molar-refractivity contribution in [1.29, 1.82) is 0 Å². The number of carbonyl (C=O) groups excluding carboxylic acids is 1. The topological polar surface area (TPSA) is 68.0 Å². The van der Waals surface area contributed by atoms with Crippen LogP contribution in [0.4, 0.5) is 4.79 Å². The molecule has 1 aromatic rings. The van der Waals surface area contributed by atoms with E-state index in [1.807, 2.05) is 18.2 Å². The van der Waals surface area contributed by atoms with E-state index in [2.05, 4.69) is 10.3 Å². The van der Waals surface area contributed by atoms with Crippen molar-refractivity contribution in [2.24, 2.45) is 5.73 Å². The highest BCUT2D eigenvalue weighted by Crippen LogP contribution is 2.11. The number of nitrogens with one attached hydrogen (secondary N) is 1. The molecule has 0 saturated carbocycles. The van der Waals surface area contributed by atoms with E-state index >= 15 is 0 Å². The molecular formula is C7H9N3OS. The largest absolute Gasteiger partial charge is 0.352 e. The van der Waals surface area contributed by atoms with Gasteiger partial charge in [0.15, 0.2) is 0 Å². The maximum atomic E-state index is 10.3. The van der Waals surface area contributed by atoms with Crippen molar-refractivity contribution in [3.63, 3.8) is 0 Å². The summed E-state index contributed by atoms with van der Waals surface area (Å²) in [5, 5.41) is 3.32. The van der Waals surface area contributed by atoms with Gasteiger partial charge in [0.25, 0.3) is 0 Å². The van der Waals surface area contributed by atoms with Crippen LogP contribution in [0.3, 0.4) is 0 Å². The number of urea groups is 1. The van der Waals surface area contributed by atoms with Crippen molar-refractivity contribution in [3.8, 4) is 0 Å². The van der Waals surface area contributed by atoms with Crippen molar-refractivity contribution < 1.29 is 4.79 Å². The van der Waals surface area contributed by atoms with Crippen LogP contribution in [0, 0.1) is 0 Å². The zero-order valence-electron chi connectivity index (χ0n) is 6.36. The monoisotopic (exact) mass is 183 g/mol. The predicted octanol–water partition coefficient (Wildman–Crippen LogP) is 0.800. The highest BCUT2D eigenvalue weighted by Gasteiger charge is 1.94. The Bertz CT molecular complexity index is 252. The number of thioether (sulfide) groups is 1. The molecule has 2 amide bonds. The molecule has 0 unspecified atom stereocenters. The fraction of sp³-hybridized carbons (Fsp3) is 0.143. The van der Waals surface area contributed by atoms with E-state index in [-0.39, 0.29) is 0 Å². The SMILES string of the molecule is NC(=O)NCSc1ccccn1. The number of amides is 2. The van der Waals surface area contributed by atoms with Crippen LogP contribution in [-0.4, -0.2) is 16.9 Å². The molecule has 0 radical (unpaired) electrons. The van der Waals surface area contributed by atoms with E-state index in [0.717, 1.165) is 5.03 Å². The van der Waals surface area contributed by atoms with Gasteiger partial charge in [-0.15, -0.1) is 0 Å². The summed E-state index contributed by atoms with van der Waals surface area (Å²) in [5.41, 5.74) is 4.87. The van der Waals surface area contributed by atoms with Gasteiger partial charge in [0.1, 0.15) is 0 Å². The molecule has 4 nitrogen and oxygen atoms in total. The van der Waals surface area contributed by atoms with Crippen LogP contribution in [0.25, 0.3) is 0 Å². The van der Waals surface area contributed by atoms with Gasteiger partial charge in [-0.25, -0.2) is 9.78 Å². The summed E-state index contributed by atoms with van der Waals surface area (Å²) in [5.74, 6) is 0.451. The molecule has 5 heteroatoms. The number of hydrogen-bond acceptors (Lipinski definition) is 3. The summed E-state index contributed by atoms with van der Waals surface area (Å²) in [6.07, 6.45) is 1.70. The third-order valence-corrected chi connectivity index (χ3v) is 1.93. The Morgan fingerprint density at radius 1 is 1.67 bits per heavy atom. The second-order valence-corrected chi connectivity index (χ2v) is 2.99. The molecule has 1 heterocycles. The minimum Gasteiger partial charge on any atom is -0.352 e. The number of carbonyl (C=O) groups is 1. The van der Waals surface area contributed by atoms with Gasteiger partial charge in [-0.1, -0.05) is 17.8 Å². The number of nitrogens with two attached hydrogens (primary N) is 1. The number of rotatable bonds is 3. The lowest BCUT2D eigenvalue weighted by Crippen LogP contribution is -2.28. The number of aromatic nitrogens is 1. The average molecular weight is 183 g/mol. The first-order valence-electron chi connectivity index (χ1n) is 3.36. The third-order valence-electron chi connectivity index (χ3n) is 1.10. The standard InChI is InChI=1S/C7H9N3OS/c8-7(11)10-5-12-6-3-1-2-4-9-6/h1-4H,5H2,(H3,8,10,11). The Balaban J connectivity index is 2.29. The van der Waals surface area contributed by atoms with E-state index in [9.17, 15) is 4.79 Å². The van der Waals surface area contributed by atoms with Crippen molar-refractivity contribution >= 4 is 17.8 Å². The lowest BCUT2D eigenvalue weighted by Gasteiger charge is -1.99. The van der Waals surface area contributed by atoms with E-state index in [1.165, 1.54) is 11.8 Å². The van der Waals surface area contributed by atoms with E-state index in [4.69, 9.17) is 5.73 Å². The van der Waals surface area contributed by atoms with Gasteiger partial charge in [0.2, 0.25) is 0 Å². The van der Waals surface area contributed by atoms with Crippen LogP contribution in [0.1, 0.15) is 0 Å². The van der Waals surface area contributed by atoms with Crippen LogP contribution in [0.15, 0.2) is 29.4 Å². The first-order valence-corrected chi connectivity index (χ1v) is 4.35. The molecule has 1 aromatic heterocycles. The van der Waals surface area contributed by atoms with E-state index in [1.54, 1.807) is 6.20 Å². The second kappa shape index (κ2) is 4.61. The van der Waals surface area contributed by atoms with Crippen molar-refractivity contribution in [2.75, 3.05) is 5.88 Å². The maximum Gasteiger partial charge on any atom is 0.312 e. The molecule has 0 bridgehead atoms. The van der Waals surface area contributed by atoms with Gasteiger partial charge in [-0.05, 0) is 12.1 Å². The average Bonchev–Trinajstić information content (AvgIpc) is 2.05. The Morgan fingerprint density at radius 3 is 3.08 bits per heavy atom. The summed E-state index contributed by atoms with van der Waals surface area (Å²) in [7, 11) is 0. The van der Waals surface area contributed by atoms with Gasteiger partial charge in [-0.3, -0.25) is 0 Å². The van der Waals surface area contributed by atoms with Gasteiger partial charge < -0.3 is 11.1 Å². The number of pyridine rings is 1. The minimum absolute atomic E-state index is 0.451. The summed E-state index contributed by atoms with van der Waals surface area (Å²) in [4.78, 5) is 14.3. The van der Waals surface area contributed by atoms with Gasteiger partial charge >= 0.3 is 6.03 Å². The fourth-order valence-electron chi connectivity index (χ4n) is 0.614. The normalized spacial score (nSPS) is 9.33. The van der Waals surface area contributed by atoms with Gasteiger partial charge in [-0.2, -0.15) is 0 Å². The Kier molecular flexibility index (Phi) is 3.40. The van der Waals surface area contributed by atoms with E-state index < -0.39 is 6.03 Å². The predicted molar refractivity (Wildman–Crippen MR) is 47.7 cm³/mol. The zero-order chi connectivity index (χ0) is 8.81. The number of nitrogens with zero attached hydrogens (tertiary/aromatic N) is 1. The van der Waals surface area contributed by atoms with Gasteiger partial charge in [0.05, 0.1) is 10.9 Å². The molecule has 0 aliphatic carbocycles. The summed E-state index contributed by atoms with van der Waals surface area (Å²) in [6, 6.07) is 5.08. The van der Waals surface area contributed by atoms with E-state index in [0.29, 0.717) is 5.88 Å². The molecule has 0 saturated heterocycles. The molecule has 64 valence electrons. The van der Waals surface area contributed by atoms with Crippen molar-refractivity contribution in [3.05, 3.63) is 24.4 Å². The molecular weight excluding hydrogens is 174 g/mol. The highest BCUT2D eigenvalue weighted by molar-refractivity contribution is 7.99. The summed E-state index contributed by atoms with van der Waals surface area (Å²) in [6.45, 7) is 0. The van der Waals surface area contributed by atoms with Gasteiger partial charge in [0, 0.05) is 6.20 Å². The van der Waals surface area contributed by atoms with Crippen LogP contribution in [0.5, 0.6) is 0 Å². The fourth-order valence-corrected chi connectivity index (χ4v) is 1.29. The first kappa shape index (κ1) is 8.86. The van der Waals surface area contributed by atoms with Crippen molar-refractivity contribution in [2.45, 2.75) is 5.03 Å². The summed E-state index contributed by atoms with van der Waals surface area (Å²) < 4.78 is 0. The van der Waals surface area contributed by atoms with Crippen LogP contribution < -0.4 is 11.1 Å². The Morgan fingerprint density at radius 2 is 2.50 bits per heavy atom. The molecule has 12 heavy (non-hydrogen) atoms. The first-order chi connectivity index (χ1) is 5.79.